The molecule has 1 heterocycles. The fourth-order valence-corrected chi connectivity index (χ4v) is 1.50. The van der Waals surface area contributed by atoms with Crippen molar-refractivity contribution < 1.29 is 18.7 Å². The highest BCUT2D eigenvalue weighted by atomic mass is 79.9. The molecular formula is C7H3BrClF2NO2. The number of pyridine rings is 1. The molecule has 0 unspecified atom stereocenters. The third-order valence-corrected chi connectivity index (χ3v) is 2.78. The first-order chi connectivity index (χ1) is 6.45. The number of alkyl halides is 2. The molecule has 0 saturated heterocycles. The van der Waals surface area contributed by atoms with Crippen LogP contribution in [0.2, 0.25) is 5.15 Å². The highest BCUT2D eigenvalue weighted by molar-refractivity contribution is 9.10. The summed E-state index contributed by atoms with van der Waals surface area (Å²) in [5, 5.41) is 8.40. The van der Waals surface area contributed by atoms with Crippen molar-refractivity contribution in [2.75, 3.05) is 0 Å². The Balaban J connectivity index is 3.45. The molecule has 0 atom stereocenters. The van der Waals surface area contributed by atoms with Gasteiger partial charge in [-0.3, -0.25) is 0 Å². The van der Waals surface area contributed by atoms with Gasteiger partial charge in [0.2, 0.25) is 0 Å². The topological polar surface area (TPSA) is 50.2 Å². The molecule has 1 N–H and O–H groups in total. The van der Waals surface area contributed by atoms with Crippen LogP contribution in [0.1, 0.15) is 22.3 Å². The fraction of sp³-hybridized carbons (Fsp3) is 0.143. The number of carboxylic acids is 1. The second-order valence-electron chi connectivity index (χ2n) is 2.30. The molecule has 1 rings (SSSR count). The minimum absolute atomic E-state index is 0.186. The standard InChI is InChI=1S/C7H3BrClF2NO2/c8-4-3(6(10)11)2(7(13)14)1-12-5(4)9/h1,6H,(H,13,14). The molecule has 7 heteroatoms. The number of hydrogen-bond acceptors (Lipinski definition) is 2. The molecule has 0 aliphatic rings. The zero-order valence-electron chi connectivity index (χ0n) is 6.47. The summed E-state index contributed by atoms with van der Waals surface area (Å²) >= 11 is 8.21. The largest absolute Gasteiger partial charge is 0.478 e. The Morgan fingerprint density at radius 3 is 2.64 bits per heavy atom. The van der Waals surface area contributed by atoms with Crippen molar-refractivity contribution >= 4 is 33.5 Å². The van der Waals surface area contributed by atoms with Crippen LogP contribution in [0.4, 0.5) is 8.78 Å². The van der Waals surface area contributed by atoms with Gasteiger partial charge in [0.15, 0.2) is 0 Å². The summed E-state index contributed by atoms with van der Waals surface area (Å²) in [5.74, 6) is -1.47. The van der Waals surface area contributed by atoms with Gasteiger partial charge in [0.1, 0.15) is 5.15 Å². The molecule has 0 aliphatic heterocycles. The van der Waals surface area contributed by atoms with E-state index in [1.807, 2.05) is 0 Å². The summed E-state index contributed by atoms with van der Waals surface area (Å²) in [6.45, 7) is 0. The number of carboxylic acid groups (broad SMARTS) is 1. The smallest absolute Gasteiger partial charge is 0.337 e. The summed E-state index contributed by atoms with van der Waals surface area (Å²) in [7, 11) is 0. The van der Waals surface area contributed by atoms with Gasteiger partial charge in [-0.25, -0.2) is 18.6 Å². The Morgan fingerprint density at radius 2 is 2.21 bits per heavy atom. The number of carbonyl (C=O) groups is 1. The molecule has 0 amide bonds. The molecule has 0 aromatic carbocycles. The Bertz CT molecular complexity index is 386. The zero-order chi connectivity index (χ0) is 10.9. The molecule has 76 valence electrons. The van der Waals surface area contributed by atoms with Gasteiger partial charge in [0, 0.05) is 6.20 Å². The Kier molecular flexibility index (Phi) is 3.38. The zero-order valence-corrected chi connectivity index (χ0v) is 8.81. The van der Waals surface area contributed by atoms with E-state index >= 15 is 0 Å². The molecule has 1 aromatic rings. The van der Waals surface area contributed by atoms with E-state index in [0.717, 1.165) is 6.20 Å². The van der Waals surface area contributed by atoms with E-state index in [-0.39, 0.29) is 9.63 Å². The molecule has 0 bridgehead atoms. The van der Waals surface area contributed by atoms with Crippen molar-refractivity contribution in [2.24, 2.45) is 0 Å². The predicted molar refractivity (Wildman–Crippen MR) is 48.9 cm³/mol. The maximum Gasteiger partial charge on any atom is 0.337 e. The molecule has 3 nitrogen and oxygen atoms in total. The van der Waals surface area contributed by atoms with Crippen LogP contribution in [0.25, 0.3) is 0 Å². The summed E-state index contributed by atoms with van der Waals surface area (Å²) in [5.41, 5.74) is -1.21. The van der Waals surface area contributed by atoms with Crippen molar-refractivity contribution in [1.82, 2.24) is 4.98 Å². The first kappa shape index (κ1) is 11.3. The van der Waals surface area contributed by atoms with Crippen LogP contribution in [0.3, 0.4) is 0 Å². The lowest BCUT2D eigenvalue weighted by Crippen LogP contribution is -2.05. The van der Waals surface area contributed by atoms with Crippen LogP contribution in [0, 0.1) is 0 Å². The van der Waals surface area contributed by atoms with Crippen molar-refractivity contribution in [1.29, 1.82) is 0 Å². The molecule has 0 saturated carbocycles. The van der Waals surface area contributed by atoms with E-state index in [4.69, 9.17) is 16.7 Å². The van der Waals surface area contributed by atoms with Gasteiger partial charge in [-0.15, -0.1) is 0 Å². The van der Waals surface area contributed by atoms with Crippen LogP contribution in [0.15, 0.2) is 10.7 Å². The van der Waals surface area contributed by atoms with Crippen molar-refractivity contribution in [3.05, 3.63) is 26.9 Å². The maximum absolute atomic E-state index is 12.4. The number of hydrogen-bond donors (Lipinski definition) is 1. The number of aromatic nitrogens is 1. The van der Waals surface area contributed by atoms with E-state index < -0.39 is 23.5 Å². The minimum atomic E-state index is -2.92. The summed E-state index contributed by atoms with van der Waals surface area (Å²) < 4.78 is 24.7. The molecule has 0 aliphatic carbocycles. The number of nitrogens with zero attached hydrogens (tertiary/aromatic N) is 1. The molecule has 0 radical (unpaired) electrons. The first-order valence-corrected chi connectivity index (χ1v) is 4.47. The molecule has 1 aromatic heterocycles. The second-order valence-corrected chi connectivity index (χ2v) is 3.45. The SMILES string of the molecule is O=C(O)c1cnc(Cl)c(Br)c1C(F)F. The first-order valence-electron chi connectivity index (χ1n) is 3.30. The van der Waals surface area contributed by atoms with Crippen molar-refractivity contribution in [2.45, 2.75) is 6.43 Å². The van der Waals surface area contributed by atoms with E-state index in [2.05, 4.69) is 20.9 Å². The van der Waals surface area contributed by atoms with Gasteiger partial charge in [0.05, 0.1) is 15.6 Å². The lowest BCUT2D eigenvalue weighted by Gasteiger charge is -2.07. The van der Waals surface area contributed by atoms with Crippen LogP contribution in [0.5, 0.6) is 0 Å². The van der Waals surface area contributed by atoms with Crippen molar-refractivity contribution in [3.8, 4) is 0 Å². The third kappa shape index (κ3) is 2.01. The normalized spacial score (nSPS) is 10.6. The lowest BCUT2D eigenvalue weighted by atomic mass is 10.1. The Morgan fingerprint density at radius 1 is 1.64 bits per heavy atom. The minimum Gasteiger partial charge on any atom is -0.478 e. The van der Waals surface area contributed by atoms with E-state index in [1.165, 1.54) is 0 Å². The summed E-state index contributed by atoms with van der Waals surface area (Å²) in [6.07, 6.45) is -2.12. The van der Waals surface area contributed by atoms with Gasteiger partial charge in [-0.2, -0.15) is 0 Å². The number of rotatable bonds is 2. The average molecular weight is 286 g/mol. The average Bonchev–Trinajstić information content (AvgIpc) is 2.08. The Hall–Kier alpha value is -0.750. The van der Waals surface area contributed by atoms with Gasteiger partial charge >= 0.3 is 5.97 Å². The van der Waals surface area contributed by atoms with Crippen LogP contribution in [-0.2, 0) is 0 Å². The second kappa shape index (κ2) is 4.18. The predicted octanol–water partition coefficient (Wildman–Crippen LogP) is 3.13. The van der Waals surface area contributed by atoms with Crippen LogP contribution in [-0.4, -0.2) is 16.1 Å². The third-order valence-electron chi connectivity index (χ3n) is 1.46. The van der Waals surface area contributed by atoms with Crippen LogP contribution < -0.4 is 0 Å². The lowest BCUT2D eigenvalue weighted by molar-refractivity contribution is 0.0683. The van der Waals surface area contributed by atoms with E-state index in [9.17, 15) is 13.6 Å². The molecule has 0 spiro atoms. The maximum atomic E-state index is 12.4. The molecule has 0 fully saturated rings. The van der Waals surface area contributed by atoms with Gasteiger partial charge in [-0.1, -0.05) is 11.6 Å². The summed E-state index contributed by atoms with van der Waals surface area (Å²) in [6, 6.07) is 0. The van der Waals surface area contributed by atoms with Gasteiger partial charge < -0.3 is 5.11 Å². The van der Waals surface area contributed by atoms with E-state index in [1.54, 1.807) is 0 Å². The number of aromatic carboxylic acids is 1. The van der Waals surface area contributed by atoms with Crippen LogP contribution >= 0.6 is 27.5 Å². The van der Waals surface area contributed by atoms with Gasteiger partial charge in [0.25, 0.3) is 6.43 Å². The quantitative estimate of drug-likeness (QED) is 0.850. The van der Waals surface area contributed by atoms with Crippen molar-refractivity contribution in [3.63, 3.8) is 0 Å². The van der Waals surface area contributed by atoms with Gasteiger partial charge in [-0.05, 0) is 15.9 Å². The Labute approximate surface area is 90.8 Å². The highest BCUT2D eigenvalue weighted by Gasteiger charge is 2.23. The van der Waals surface area contributed by atoms with E-state index in [0.29, 0.717) is 0 Å². The number of halogens is 4. The highest BCUT2D eigenvalue weighted by Crippen LogP contribution is 2.34. The monoisotopic (exact) mass is 285 g/mol. The summed E-state index contributed by atoms with van der Waals surface area (Å²) in [4.78, 5) is 14.0. The fourth-order valence-electron chi connectivity index (χ4n) is 0.861. The molecular weight excluding hydrogens is 283 g/mol. The molecule has 14 heavy (non-hydrogen) atoms.